The predicted molar refractivity (Wildman–Crippen MR) is 55.7 cm³/mol. The number of hydrogen-bond acceptors (Lipinski definition) is 5. The standard InChI is InChI=1S/C10H10N2O5/c1-17-9-6(8(11)14)2-5(4-12-9)3-7(13)10(15)16/h2,4H,3H2,1H3,(H2,11,14)(H,15,16). The van der Waals surface area contributed by atoms with E-state index in [0.29, 0.717) is 0 Å². The average molecular weight is 238 g/mol. The summed E-state index contributed by atoms with van der Waals surface area (Å²) in [4.78, 5) is 36.1. The van der Waals surface area contributed by atoms with Gasteiger partial charge in [-0.05, 0) is 11.6 Å². The van der Waals surface area contributed by atoms with Crippen LogP contribution in [0.1, 0.15) is 15.9 Å². The number of carboxylic acid groups (broad SMARTS) is 1. The lowest BCUT2D eigenvalue weighted by Crippen LogP contribution is -2.17. The van der Waals surface area contributed by atoms with Crippen molar-refractivity contribution in [3.8, 4) is 5.88 Å². The van der Waals surface area contributed by atoms with Crippen molar-refractivity contribution in [2.75, 3.05) is 7.11 Å². The van der Waals surface area contributed by atoms with Gasteiger partial charge in [-0.3, -0.25) is 9.59 Å². The fraction of sp³-hybridized carbons (Fsp3) is 0.200. The zero-order valence-corrected chi connectivity index (χ0v) is 8.97. The summed E-state index contributed by atoms with van der Waals surface area (Å²) in [6, 6.07) is 1.29. The number of carbonyl (C=O) groups excluding carboxylic acids is 2. The first-order chi connectivity index (χ1) is 7.95. The lowest BCUT2D eigenvalue weighted by molar-refractivity contribution is -0.148. The highest BCUT2D eigenvalue weighted by molar-refractivity contribution is 6.33. The van der Waals surface area contributed by atoms with Crippen molar-refractivity contribution in [2.45, 2.75) is 6.42 Å². The molecule has 3 N–H and O–H groups in total. The number of Topliss-reactive ketones (excluding diaryl/α,β-unsaturated/α-hetero) is 1. The first-order valence-electron chi connectivity index (χ1n) is 4.54. The minimum Gasteiger partial charge on any atom is -0.480 e. The topological polar surface area (TPSA) is 120 Å². The number of carbonyl (C=O) groups is 3. The first-order valence-corrected chi connectivity index (χ1v) is 4.54. The Morgan fingerprint density at radius 3 is 2.59 bits per heavy atom. The van der Waals surface area contributed by atoms with Crippen LogP contribution in [0.4, 0.5) is 0 Å². The van der Waals surface area contributed by atoms with Crippen LogP contribution < -0.4 is 10.5 Å². The number of amides is 1. The van der Waals surface area contributed by atoms with Gasteiger partial charge in [0.1, 0.15) is 5.56 Å². The maximum Gasteiger partial charge on any atom is 0.372 e. The first kappa shape index (κ1) is 12.6. The van der Waals surface area contributed by atoms with E-state index in [1.807, 2.05) is 0 Å². The Kier molecular flexibility index (Phi) is 3.76. The number of ketones is 1. The molecule has 0 atom stereocenters. The Balaban J connectivity index is 3.04. The normalized spacial score (nSPS) is 9.71. The van der Waals surface area contributed by atoms with Crippen LogP contribution in [0, 0.1) is 0 Å². The number of pyridine rings is 1. The number of rotatable bonds is 5. The molecule has 0 fully saturated rings. The minimum absolute atomic E-state index is 0.00295. The highest BCUT2D eigenvalue weighted by atomic mass is 16.5. The van der Waals surface area contributed by atoms with E-state index >= 15 is 0 Å². The molecule has 0 aromatic carbocycles. The zero-order valence-electron chi connectivity index (χ0n) is 8.97. The Labute approximate surface area is 96.2 Å². The molecule has 0 unspecified atom stereocenters. The number of aromatic nitrogens is 1. The van der Waals surface area contributed by atoms with E-state index in [1.165, 1.54) is 19.4 Å². The van der Waals surface area contributed by atoms with Crippen molar-refractivity contribution in [2.24, 2.45) is 5.73 Å². The van der Waals surface area contributed by atoms with E-state index in [9.17, 15) is 14.4 Å². The molecule has 1 aromatic heterocycles. The van der Waals surface area contributed by atoms with Crippen LogP contribution in [0.3, 0.4) is 0 Å². The second kappa shape index (κ2) is 5.06. The fourth-order valence-electron chi connectivity index (χ4n) is 1.19. The summed E-state index contributed by atoms with van der Waals surface area (Å²) in [5, 5.41) is 8.44. The van der Waals surface area contributed by atoms with Crippen LogP contribution in [0.15, 0.2) is 12.3 Å². The van der Waals surface area contributed by atoms with Gasteiger partial charge < -0.3 is 15.6 Å². The van der Waals surface area contributed by atoms with Crippen LogP contribution in [0.5, 0.6) is 5.88 Å². The summed E-state index contributed by atoms with van der Waals surface area (Å²) >= 11 is 0. The van der Waals surface area contributed by atoms with Gasteiger partial charge in [0.15, 0.2) is 0 Å². The van der Waals surface area contributed by atoms with Gasteiger partial charge in [-0.15, -0.1) is 0 Å². The van der Waals surface area contributed by atoms with Crippen molar-refractivity contribution in [3.63, 3.8) is 0 Å². The van der Waals surface area contributed by atoms with E-state index in [4.69, 9.17) is 15.6 Å². The lowest BCUT2D eigenvalue weighted by Gasteiger charge is -2.05. The zero-order chi connectivity index (χ0) is 13.0. The molecule has 7 nitrogen and oxygen atoms in total. The molecule has 0 bridgehead atoms. The maximum atomic E-state index is 11.1. The van der Waals surface area contributed by atoms with Gasteiger partial charge in [-0.2, -0.15) is 0 Å². The molecule has 0 aliphatic carbocycles. The molecule has 0 saturated carbocycles. The number of carboxylic acids is 1. The number of hydrogen-bond donors (Lipinski definition) is 2. The second-order valence-electron chi connectivity index (χ2n) is 3.17. The number of nitrogens with zero attached hydrogens (tertiary/aromatic N) is 1. The third-order valence-electron chi connectivity index (χ3n) is 1.97. The van der Waals surface area contributed by atoms with Crippen molar-refractivity contribution >= 4 is 17.7 Å². The van der Waals surface area contributed by atoms with Crippen LogP contribution in [-0.2, 0) is 16.0 Å². The van der Waals surface area contributed by atoms with Gasteiger partial charge in [0.25, 0.3) is 5.91 Å². The highest BCUT2D eigenvalue weighted by Crippen LogP contribution is 2.16. The summed E-state index contributed by atoms with van der Waals surface area (Å²) in [7, 11) is 1.32. The smallest absolute Gasteiger partial charge is 0.372 e. The maximum absolute atomic E-state index is 11.1. The van der Waals surface area contributed by atoms with Crippen LogP contribution in [0.25, 0.3) is 0 Å². The van der Waals surface area contributed by atoms with E-state index in [1.54, 1.807) is 0 Å². The molecule has 1 amide bonds. The van der Waals surface area contributed by atoms with Crippen LogP contribution in [-0.4, -0.2) is 34.9 Å². The number of nitrogens with two attached hydrogens (primary N) is 1. The summed E-state index contributed by atoms with van der Waals surface area (Å²) in [5.41, 5.74) is 5.38. The second-order valence-corrected chi connectivity index (χ2v) is 3.17. The van der Waals surface area contributed by atoms with Gasteiger partial charge in [-0.25, -0.2) is 9.78 Å². The highest BCUT2D eigenvalue weighted by Gasteiger charge is 2.16. The van der Waals surface area contributed by atoms with E-state index in [2.05, 4.69) is 4.98 Å². The fourth-order valence-corrected chi connectivity index (χ4v) is 1.19. The molecule has 1 aromatic rings. The summed E-state index contributed by atoms with van der Waals surface area (Å²) < 4.78 is 4.80. The molecular weight excluding hydrogens is 228 g/mol. The third-order valence-corrected chi connectivity index (χ3v) is 1.97. The third kappa shape index (κ3) is 3.00. The summed E-state index contributed by atoms with van der Waals surface area (Å²) in [6.07, 6.45) is 0.902. The largest absolute Gasteiger partial charge is 0.480 e. The lowest BCUT2D eigenvalue weighted by atomic mass is 10.1. The number of primary amides is 1. The molecule has 17 heavy (non-hydrogen) atoms. The SMILES string of the molecule is COc1ncc(CC(=O)C(=O)O)cc1C(N)=O. The molecular formula is C10H10N2O5. The number of ether oxygens (including phenoxy) is 1. The molecule has 90 valence electrons. The van der Waals surface area contributed by atoms with Crippen molar-refractivity contribution < 1.29 is 24.2 Å². The van der Waals surface area contributed by atoms with E-state index in [0.717, 1.165) is 0 Å². The molecule has 1 heterocycles. The Morgan fingerprint density at radius 1 is 1.47 bits per heavy atom. The quantitative estimate of drug-likeness (QED) is 0.660. The molecule has 7 heteroatoms. The van der Waals surface area contributed by atoms with Crippen molar-refractivity contribution in [3.05, 3.63) is 23.4 Å². The predicted octanol–water partition coefficient (Wildman–Crippen LogP) is -0.615. The van der Waals surface area contributed by atoms with Crippen LogP contribution in [0.2, 0.25) is 0 Å². The molecule has 0 saturated heterocycles. The monoisotopic (exact) mass is 238 g/mol. The Morgan fingerprint density at radius 2 is 2.12 bits per heavy atom. The Hall–Kier alpha value is -2.44. The van der Waals surface area contributed by atoms with Gasteiger partial charge in [0, 0.05) is 12.6 Å². The molecule has 0 aliphatic rings. The van der Waals surface area contributed by atoms with Gasteiger partial charge >= 0.3 is 5.97 Å². The summed E-state index contributed by atoms with van der Waals surface area (Å²) in [5.74, 6) is -3.27. The minimum atomic E-state index is -1.54. The van der Waals surface area contributed by atoms with Crippen molar-refractivity contribution in [1.29, 1.82) is 0 Å². The number of aliphatic carboxylic acids is 1. The van der Waals surface area contributed by atoms with Gasteiger partial charge in [0.2, 0.25) is 11.7 Å². The average Bonchev–Trinajstić information content (AvgIpc) is 2.28. The molecule has 0 spiro atoms. The van der Waals surface area contributed by atoms with Crippen molar-refractivity contribution in [1.82, 2.24) is 4.98 Å². The molecule has 0 radical (unpaired) electrons. The molecule has 0 aliphatic heterocycles. The summed E-state index contributed by atoms with van der Waals surface area (Å²) in [6.45, 7) is 0. The van der Waals surface area contributed by atoms with Gasteiger partial charge in [0.05, 0.1) is 7.11 Å². The molecule has 1 rings (SSSR count). The number of methoxy groups -OCH3 is 1. The van der Waals surface area contributed by atoms with E-state index < -0.39 is 17.7 Å². The van der Waals surface area contributed by atoms with Gasteiger partial charge in [-0.1, -0.05) is 0 Å². The Bertz CT molecular complexity index is 484. The van der Waals surface area contributed by atoms with E-state index in [-0.39, 0.29) is 23.4 Å². The van der Waals surface area contributed by atoms with Crippen LogP contribution >= 0.6 is 0 Å².